The van der Waals surface area contributed by atoms with Crippen LogP contribution in [0.4, 0.5) is 0 Å². The zero-order valence-corrected chi connectivity index (χ0v) is 10.7. The molecule has 0 saturated carbocycles. The Morgan fingerprint density at radius 2 is 2.22 bits per heavy atom. The highest BCUT2D eigenvalue weighted by Crippen LogP contribution is 2.13. The second kappa shape index (κ2) is 6.39. The molecule has 1 unspecified atom stereocenters. The van der Waals surface area contributed by atoms with E-state index in [1.54, 1.807) is 0 Å². The number of hydrogen-bond acceptors (Lipinski definition) is 4. The molecular formula is C14H19N3O. The van der Waals surface area contributed by atoms with Crippen LogP contribution >= 0.6 is 0 Å². The molecule has 1 atom stereocenters. The molecule has 96 valence electrons. The molecular weight excluding hydrogens is 226 g/mol. The van der Waals surface area contributed by atoms with Crippen LogP contribution in [-0.2, 0) is 6.54 Å². The summed E-state index contributed by atoms with van der Waals surface area (Å²) >= 11 is 0. The number of likely N-dealkylation sites (tertiary alicyclic amines) is 1. The maximum absolute atomic E-state index is 8.42. The maximum Gasteiger partial charge on any atom is 0.174 e. The number of ether oxygens (including phenoxy) is 1. The van der Waals surface area contributed by atoms with Crippen LogP contribution in [0.25, 0.3) is 0 Å². The quantitative estimate of drug-likeness (QED) is 0.851. The summed E-state index contributed by atoms with van der Waals surface area (Å²) in [6.45, 7) is 3.30. The standard InChI is InChI=1S/C14H19N3O/c1-17-8-6-13(11-17)16-10-12-2-4-14(5-3-12)18-9-7-15/h2-5,13,16H,6,8-11H2,1H3. The van der Waals surface area contributed by atoms with Gasteiger partial charge in [0.2, 0.25) is 0 Å². The molecule has 1 saturated heterocycles. The second-order valence-corrected chi connectivity index (χ2v) is 4.72. The monoisotopic (exact) mass is 245 g/mol. The Kier molecular flexibility index (Phi) is 4.57. The van der Waals surface area contributed by atoms with E-state index in [0.29, 0.717) is 6.04 Å². The number of nitrogens with zero attached hydrogens (tertiary/aromatic N) is 2. The van der Waals surface area contributed by atoms with Gasteiger partial charge in [0.1, 0.15) is 11.8 Å². The molecule has 4 heteroatoms. The average molecular weight is 245 g/mol. The summed E-state index contributed by atoms with van der Waals surface area (Å²) in [7, 11) is 2.16. The summed E-state index contributed by atoms with van der Waals surface area (Å²) < 4.78 is 5.21. The first-order chi connectivity index (χ1) is 8.78. The zero-order valence-electron chi connectivity index (χ0n) is 10.7. The molecule has 0 spiro atoms. The smallest absolute Gasteiger partial charge is 0.174 e. The third-order valence-corrected chi connectivity index (χ3v) is 3.21. The van der Waals surface area contributed by atoms with E-state index in [-0.39, 0.29) is 6.61 Å². The number of nitriles is 1. The molecule has 1 N–H and O–H groups in total. The number of rotatable bonds is 5. The molecule has 1 aromatic rings. The van der Waals surface area contributed by atoms with Crippen molar-refractivity contribution in [3.63, 3.8) is 0 Å². The van der Waals surface area contributed by atoms with Gasteiger partial charge in [-0.25, -0.2) is 0 Å². The van der Waals surface area contributed by atoms with Gasteiger partial charge in [-0.2, -0.15) is 5.26 Å². The van der Waals surface area contributed by atoms with E-state index in [0.717, 1.165) is 18.8 Å². The van der Waals surface area contributed by atoms with Gasteiger partial charge in [0, 0.05) is 19.1 Å². The van der Waals surface area contributed by atoms with Crippen molar-refractivity contribution < 1.29 is 4.74 Å². The molecule has 0 amide bonds. The fourth-order valence-corrected chi connectivity index (χ4v) is 2.18. The molecule has 1 aliphatic rings. The van der Waals surface area contributed by atoms with Gasteiger partial charge in [-0.05, 0) is 37.7 Å². The third kappa shape index (κ3) is 3.73. The van der Waals surface area contributed by atoms with Gasteiger partial charge in [-0.15, -0.1) is 0 Å². The number of benzene rings is 1. The van der Waals surface area contributed by atoms with E-state index in [2.05, 4.69) is 17.3 Å². The van der Waals surface area contributed by atoms with Crippen LogP contribution in [0, 0.1) is 11.3 Å². The molecule has 18 heavy (non-hydrogen) atoms. The van der Waals surface area contributed by atoms with Crippen LogP contribution < -0.4 is 10.1 Å². The molecule has 0 bridgehead atoms. The van der Waals surface area contributed by atoms with Crippen LogP contribution in [0.1, 0.15) is 12.0 Å². The van der Waals surface area contributed by atoms with E-state index in [4.69, 9.17) is 10.00 Å². The van der Waals surface area contributed by atoms with Crippen molar-refractivity contribution in [1.29, 1.82) is 5.26 Å². The van der Waals surface area contributed by atoms with Gasteiger partial charge in [-0.1, -0.05) is 12.1 Å². The van der Waals surface area contributed by atoms with Crippen molar-refractivity contribution in [3.8, 4) is 11.8 Å². The van der Waals surface area contributed by atoms with Crippen LogP contribution in [0.5, 0.6) is 5.75 Å². The van der Waals surface area contributed by atoms with E-state index >= 15 is 0 Å². The number of likely N-dealkylation sites (N-methyl/N-ethyl adjacent to an activating group) is 1. The molecule has 0 aromatic heterocycles. The molecule has 1 fully saturated rings. The number of nitrogens with one attached hydrogen (secondary N) is 1. The lowest BCUT2D eigenvalue weighted by atomic mass is 10.2. The van der Waals surface area contributed by atoms with Gasteiger partial charge in [-0.3, -0.25) is 0 Å². The van der Waals surface area contributed by atoms with Gasteiger partial charge in [0.15, 0.2) is 6.61 Å². The van der Waals surface area contributed by atoms with Crippen LogP contribution in [0.2, 0.25) is 0 Å². The highest BCUT2D eigenvalue weighted by Gasteiger charge is 2.18. The summed E-state index contributed by atoms with van der Waals surface area (Å²) in [4.78, 5) is 2.34. The lowest BCUT2D eigenvalue weighted by Crippen LogP contribution is -2.30. The summed E-state index contributed by atoms with van der Waals surface area (Å²) in [5, 5.41) is 12.0. The molecule has 0 aliphatic carbocycles. The summed E-state index contributed by atoms with van der Waals surface area (Å²) in [6.07, 6.45) is 1.22. The Morgan fingerprint density at radius 1 is 1.44 bits per heavy atom. The van der Waals surface area contributed by atoms with Crippen molar-refractivity contribution in [1.82, 2.24) is 10.2 Å². The molecule has 2 rings (SSSR count). The fourth-order valence-electron chi connectivity index (χ4n) is 2.18. The Hall–Kier alpha value is -1.57. The minimum atomic E-state index is 0.103. The first kappa shape index (κ1) is 12.9. The highest BCUT2D eigenvalue weighted by atomic mass is 16.5. The Morgan fingerprint density at radius 3 is 2.83 bits per heavy atom. The predicted octanol–water partition coefficient (Wildman–Crippen LogP) is 1.38. The number of hydrogen-bond donors (Lipinski definition) is 1. The van der Waals surface area contributed by atoms with Crippen molar-refractivity contribution in [2.75, 3.05) is 26.7 Å². The van der Waals surface area contributed by atoms with Crippen LogP contribution in [0.3, 0.4) is 0 Å². The first-order valence-electron chi connectivity index (χ1n) is 6.28. The molecule has 0 radical (unpaired) electrons. The average Bonchev–Trinajstić information content (AvgIpc) is 2.81. The first-order valence-corrected chi connectivity index (χ1v) is 6.28. The van der Waals surface area contributed by atoms with E-state index in [1.807, 2.05) is 30.3 Å². The van der Waals surface area contributed by atoms with Gasteiger partial charge < -0.3 is 15.0 Å². The summed E-state index contributed by atoms with van der Waals surface area (Å²) in [5.74, 6) is 0.751. The minimum absolute atomic E-state index is 0.103. The minimum Gasteiger partial charge on any atom is -0.479 e. The second-order valence-electron chi connectivity index (χ2n) is 4.72. The van der Waals surface area contributed by atoms with Gasteiger partial charge in [0.25, 0.3) is 0 Å². The molecule has 1 aliphatic heterocycles. The zero-order chi connectivity index (χ0) is 12.8. The van der Waals surface area contributed by atoms with E-state index < -0.39 is 0 Å². The van der Waals surface area contributed by atoms with Crippen LogP contribution in [-0.4, -0.2) is 37.7 Å². The van der Waals surface area contributed by atoms with Crippen molar-refractivity contribution in [2.45, 2.75) is 19.0 Å². The SMILES string of the molecule is CN1CCC(NCc2ccc(OCC#N)cc2)C1. The van der Waals surface area contributed by atoms with Crippen molar-refractivity contribution in [2.24, 2.45) is 0 Å². The molecule has 1 aromatic carbocycles. The molecule has 4 nitrogen and oxygen atoms in total. The lowest BCUT2D eigenvalue weighted by molar-refractivity contribution is 0.368. The largest absolute Gasteiger partial charge is 0.479 e. The van der Waals surface area contributed by atoms with Gasteiger partial charge in [0.05, 0.1) is 0 Å². The Balaban J connectivity index is 1.78. The van der Waals surface area contributed by atoms with Crippen molar-refractivity contribution in [3.05, 3.63) is 29.8 Å². The fraction of sp³-hybridized carbons (Fsp3) is 0.500. The topological polar surface area (TPSA) is 48.3 Å². The highest BCUT2D eigenvalue weighted by molar-refractivity contribution is 5.27. The van der Waals surface area contributed by atoms with E-state index in [1.165, 1.54) is 18.5 Å². The summed E-state index contributed by atoms with van der Waals surface area (Å²) in [5.41, 5.74) is 1.24. The van der Waals surface area contributed by atoms with Crippen LogP contribution in [0.15, 0.2) is 24.3 Å². The lowest BCUT2D eigenvalue weighted by Gasteiger charge is -2.13. The normalized spacial score (nSPS) is 19.7. The Bertz CT molecular complexity index is 410. The Labute approximate surface area is 108 Å². The molecule has 1 heterocycles. The van der Waals surface area contributed by atoms with Crippen molar-refractivity contribution >= 4 is 0 Å². The predicted molar refractivity (Wildman–Crippen MR) is 70.3 cm³/mol. The van der Waals surface area contributed by atoms with E-state index in [9.17, 15) is 0 Å². The third-order valence-electron chi connectivity index (χ3n) is 3.21. The summed E-state index contributed by atoms with van der Waals surface area (Å²) in [6, 6.07) is 10.5. The van der Waals surface area contributed by atoms with Gasteiger partial charge >= 0.3 is 0 Å². The maximum atomic E-state index is 8.42.